The number of aromatic nitrogens is 1. The van der Waals surface area contributed by atoms with E-state index in [-0.39, 0.29) is 17.5 Å². The van der Waals surface area contributed by atoms with Crippen molar-refractivity contribution >= 4 is 22.7 Å². The van der Waals surface area contributed by atoms with E-state index in [2.05, 4.69) is 0 Å². The Hall–Kier alpha value is -3.41. The highest BCUT2D eigenvalue weighted by Crippen LogP contribution is 2.27. The first-order valence-corrected chi connectivity index (χ1v) is 9.36. The Morgan fingerprint density at radius 3 is 2.54 bits per heavy atom. The molecule has 3 aromatic rings. The molecule has 28 heavy (non-hydrogen) atoms. The van der Waals surface area contributed by atoms with Crippen molar-refractivity contribution in [3.8, 4) is 0 Å². The number of amides is 2. The molecule has 0 bridgehead atoms. The molecule has 1 atom stereocenters. The smallest absolute Gasteiger partial charge is 0.260 e. The summed E-state index contributed by atoms with van der Waals surface area (Å²) in [6, 6.07) is 12.6. The van der Waals surface area contributed by atoms with Crippen LogP contribution in [0.5, 0.6) is 0 Å². The number of rotatable bonds is 2. The van der Waals surface area contributed by atoms with Crippen molar-refractivity contribution in [1.82, 2.24) is 9.47 Å². The van der Waals surface area contributed by atoms with Crippen LogP contribution in [0.1, 0.15) is 27.0 Å². The van der Waals surface area contributed by atoms with Gasteiger partial charge in [-0.1, -0.05) is 36.4 Å². The van der Waals surface area contributed by atoms with E-state index in [1.807, 2.05) is 41.0 Å². The van der Waals surface area contributed by atoms with Crippen LogP contribution >= 0.6 is 0 Å². The maximum atomic E-state index is 13.4. The van der Waals surface area contributed by atoms with E-state index in [4.69, 9.17) is 5.73 Å². The lowest BCUT2D eigenvalue weighted by Gasteiger charge is -2.35. The Balaban J connectivity index is 1.63. The van der Waals surface area contributed by atoms with Gasteiger partial charge >= 0.3 is 0 Å². The number of hydrogen-bond donors (Lipinski definition) is 1. The van der Waals surface area contributed by atoms with Gasteiger partial charge in [-0.05, 0) is 29.2 Å². The Bertz CT molecular complexity index is 1210. The predicted molar refractivity (Wildman–Crippen MR) is 105 cm³/mol. The lowest BCUT2D eigenvalue weighted by molar-refractivity contribution is -0.122. The van der Waals surface area contributed by atoms with Gasteiger partial charge in [0.15, 0.2) is 0 Å². The minimum Gasteiger partial charge on any atom is -0.368 e. The van der Waals surface area contributed by atoms with E-state index in [0.717, 1.165) is 35.2 Å². The summed E-state index contributed by atoms with van der Waals surface area (Å²) in [7, 11) is 0. The number of benzene rings is 2. The Labute approximate surface area is 161 Å². The first kappa shape index (κ1) is 16.7. The molecule has 5 rings (SSSR count). The van der Waals surface area contributed by atoms with Crippen molar-refractivity contribution in [3.05, 3.63) is 81.1 Å². The second-order valence-corrected chi connectivity index (χ2v) is 7.45. The molecule has 6 heteroatoms. The molecule has 6 nitrogen and oxygen atoms in total. The summed E-state index contributed by atoms with van der Waals surface area (Å²) in [5, 5.41) is 0.550. The number of fused-ring (bicyclic) bond motifs is 1. The molecule has 2 aromatic carbocycles. The number of hydrogen-bond acceptors (Lipinski definition) is 3. The number of carbonyl (C=O) groups is 2. The molecule has 0 spiro atoms. The van der Waals surface area contributed by atoms with Gasteiger partial charge < -0.3 is 15.2 Å². The second-order valence-electron chi connectivity index (χ2n) is 7.45. The predicted octanol–water partition coefficient (Wildman–Crippen LogP) is 1.61. The molecule has 0 aliphatic carbocycles. The Morgan fingerprint density at radius 1 is 1.00 bits per heavy atom. The van der Waals surface area contributed by atoms with Crippen molar-refractivity contribution < 1.29 is 9.59 Å². The molecule has 2 N–H and O–H groups in total. The van der Waals surface area contributed by atoms with Crippen LogP contribution in [-0.4, -0.2) is 27.3 Å². The molecule has 140 valence electrons. The molecule has 0 saturated carbocycles. The minimum atomic E-state index is -0.762. The first-order valence-electron chi connectivity index (χ1n) is 9.36. The monoisotopic (exact) mass is 373 g/mol. The Kier molecular flexibility index (Phi) is 3.62. The van der Waals surface area contributed by atoms with Crippen molar-refractivity contribution in [3.63, 3.8) is 0 Å². The normalized spacial score (nSPS) is 17.6. The lowest BCUT2D eigenvalue weighted by atomic mass is 9.93. The summed E-state index contributed by atoms with van der Waals surface area (Å²) >= 11 is 0. The van der Waals surface area contributed by atoms with Crippen LogP contribution in [0.15, 0.2) is 53.5 Å². The standard InChI is InChI=1S/C22H19N3O3/c23-21(27)18-10-14-4-1-2-5-15(14)11-25(18)22(28)17-12-24-9-8-13-6-3-7-16(19(13)24)20(17)26/h1-7,12,18H,8-11H2,(H2,23,27)/t18-/m1/s1. The van der Waals surface area contributed by atoms with Gasteiger partial charge in [-0.3, -0.25) is 14.4 Å². The van der Waals surface area contributed by atoms with Gasteiger partial charge in [0.05, 0.1) is 5.52 Å². The van der Waals surface area contributed by atoms with E-state index >= 15 is 0 Å². The lowest BCUT2D eigenvalue weighted by Crippen LogP contribution is -2.52. The van der Waals surface area contributed by atoms with Crippen molar-refractivity contribution in [2.45, 2.75) is 32.0 Å². The zero-order valence-corrected chi connectivity index (χ0v) is 15.2. The maximum absolute atomic E-state index is 13.4. The largest absolute Gasteiger partial charge is 0.368 e. The third-order valence-electron chi connectivity index (χ3n) is 5.87. The molecule has 2 aliphatic rings. The minimum absolute atomic E-state index is 0.0946. The quantitative estimate of drug-likeness (QED) is 0.741. The summed E-state index contributed by atoms with van der Waals surface area (Å²) in [6.07, 6.45) is 2.85. The van der Waals surface area contributed by atoms with Gasteiger partial charge in [0, 0.05) is 31.1 Å². The maximum Gasteiger partial charge on any atom is 0.260 e. The van der Waals surface area contributed by atoms with E-state index in [1.54, 1.807) is 12.3 Å². The van der Waals surface area contributed by atoms with Crippen LogP contribution in [0, 0.1) is 0 Å². The number of aryl methyl sites for hydroxylation is 2. The summed E-state index contributed by atoms with van der Waals surface area (Å²) in [5.74, 6) is -0.998. The molecule has 0 saturated heterocycles. The number of para-hydroxylation sites is 1. The first-order chi connectivity index (χ1) is 13.5. The summed E-state index contributed by atoms with van der Waals surface area (Å²) < 4.78 is 1.97. The number of nitrogens with zero attached hydrogens (tertiary/aromatic N) is 2. The van der Waals surface area contributed by atoms with Crippen LogP contribution in [0.2, 0.25) is 0 Å². The molecule has 3 heterocycles. The molecular weight excluding hydrogens is 354 g/mol. The summed E-state index contributed by atoms with van der Waals surface area (Å²) in [4.78, 5) is 40.0. The fourth-order valence-electron chi connectivity index (χ4n) is 4.45. The highest BCUT2D eigenvalue weighted by Gasteiger charge is 2.35. The topological polar surface area (TPSA) is 85.4 Å². The van der Waals surface area contributed by atoms with E-state index in [0.29, 0.717) is 11.8 Å². The third-order valence-corrected chi connectivity index (χ3v) is 5.87. The van der Waals surface area contributed by atoms with Gasteiger partial charge in [0.25, 0.3) is 5.91 Å². The molecule has 1 aromatic heterocycles. The van der Waals surface area contributed by atoms with Gasteiger partial charge in [-0.25, -0.2) is 0 Å². The highest BCUT2D eigenvalue weighted by molar-refractivity contribution is 6.00. The van der Waals surface area contributed by atoms with E-state index in [9.17, 15) is 14.4 Å². The Morgan fingerprint density at radius 2 is 1.75 bits per heavy atom. The summed E-state index contributed by atoms with van der Waals surface area (Å²) in [6.45, 7) is 0.999. The molecule has 0 unspecified atom stereocenters. The van der Waals surface area contributed by atoms with Crippen LogP contribution in [-0.2, 0) is 30.7 Å². The molecular formula is C22H19N3O3. The second kappa shape index (κ2) is 6.05. The van der Waals surface area contributed by atoms with Crippen molar-refractivity contribution in [1.29, 1.82) is 0 Å². The zero-order valence-electron chi connectivity index (χ0n) is 15.2. The molecule has 0 fully saturated rings. The fourth-order valence-corrected chi connectivity index (χ4v) is 4.45. The van der Waals surface area contributed by atoms with Gasteiger partial charge in [0.1, 0.15) is 11.6 Å². The number of nitrogens with two attached hydrogens (primary N) is 1. The van der Waals surface area contributed by atoms with E-state index < -0.39 is 17.9 Å². The highest BCUT2D eigenvalue weighted by atomic mass is 16.2. The van der Waals surface area contributed by atoms with Gasteiger partial charge in [-0.15, -0.1) is 0 Å². The van der Waals surface area contributed by atoms with Crippen molar-refractivity contribution in [2.24, 2.45) is 5.73 Å². The zero-order chi connectivity index (χ0) is 19.4. The summed E-state index contributed by atoms with van der Waals surface area (Å²) in [5.41, 5.74) is 9.42. The number of carbonyl (C=O) groups excluding carboxylic acids is 2. The number of primary amides is 1. The van der Waals surface area contributed by atoms with Crippen LogP contribution < -0.4 is 11.2 Å². The SMILES string of the molecule is NC(=O)[C@H]1Cc2ccccc2CN1C(=O)c1cn2c3c(cccc3c1=O)CC2. The molecule has 0 radical (unpaired) electrons. The fraction of sp³-hybridized carbons (Fsp3) is 0.227. The van der Waals surface area contributed by atoms with Crippen LogP contribution in [0.4, 0.5) is 0 Å². The average Bonchev–Trinajstić information content (AvgIpc) is 3.13. The van der Waals surface area contributed by atoms with E-state index in [1.165, 1.54) is 4.90 Å². The molecule has 2 aliphatic heterocycles. The van der Waals surface area contributed by atoms with Gasteiger partial charge in [0.2, 0.25) is 11.3 Å². The average molecular weight is 373 g/mol. The van der Waals surface area contributed by atoms with Crippen molar-refractivity contribution in [2.75, 3.05) is 0 Å². The van der Waals surface area contributed by atoms with Crippen LogP contribution in [0.25, 0.3) is 10.9 Å². The van der Waals surface area contributed by atoms with Gasteiger partial charge in [-0.2, -0.15) is 0 Å². The third kappa shape index (κ3) is 2.37. The number of pyridine rings is 1. The van der Waals surface area contributed by atoms with Crippen LogP contribution in [0.3, 0.4) is 0 Å². The molecule has 2 amide bonds.